The predicted octanol–water partition coefficient (Wildman–Crippen LogP) is 1.83. The molecule has 0 aromatic carbocycles. The molecule has 0 aliphatic carbocycles. The molecular weight excluding hydrogens is 350 g/mol. The van der Waals surface area contributed by atoms with Crippen LogP contribution < -0.4 is 10.6 Å². The first-order valence-electron chi connectivity index (χ1n) is 9.33. The lowest BCUT2D eigenvalue weighted by Gasteiger charge is -2.35. The first kappa shape index (κ1) is 22.9. The number of rotatable bonds is 3. The Kier molecular flexibility index (Phi) is 7.40. The lowest BCUT2D eigenvalue weighted by molar-refractivity contribution is -0.161. The summed E-state index contributed by atoms with van der Waals surface area (Å²) in [6.07, 6.45) is -0.0728. The van der Waals surface area contributed by atoms with E-state index >= 15 is 0 Å². The van der Waals surface area contributed by atoms with Crippen molar-refractivity contribution in [2.45, 2.75) is 73.0 Å². The lowest BCUT2D eigenvalue weighted by Crippen LogP contribution is -2.51. The maximum Gasteiger partial charge on any atom is 0.321 e. The van der Waals surface area contributed by atoms with Crippen molar-refractivity contribution >= 4 is 23.8 Å². The third-order valence-electron chi connectivity index (χ3n) is 4.14. The molecule has 1 heterocycles. The van der Waals surface area contributed by atoms with Crippen molar-refractivity contribution in [1.82, 2.24) is 15.5 Å². The Bertz CT molecular complexity index is 581. The molecule has 0 spiro atoms. The number of urea groups is 1. The zero-order valence-corrected chi connectivity index (χ0v) is 17.5. The summed E-state index contributed by atoms with van der Waals surface area (Å²) in [5.41, 5.74) is -0.934. The minimum atomic E-state index is -1.07. The molecular formula is C19H33N3O5. The highest BCUT2D eigenvalue weighted by molar-refractivity contribution is 5.97. The first-order valence-corrected chi connectivity index (χ1v) is 9.33. The minimum Gasteiger partial charge on any atom is -0.452 e. The third-order valence-corrected chi connectivity index (χ3v) is 4.14. The van der Waals surface area contributed by atoms with Gasteiger partial charge in [0.15, 0.2) is 6.10 Å². The van der Waals surface area contributed by atoms with Crippen LogP contribution in [0.25, 0.3) is 0 Å². The number of piperidine rings is 1. The Morgan fingerprint density at radius 2 is 1.52 bits per heavy atom. The van der Waals surface area contributed by atoms with Crippen LogP contribution in [0.4, 0.5) is 4.79 Å². The molecule has 2 N–H and O–H groups in total. The molecule has 8 nitrogen and oxygen atoms in total. The van der Waals surface area contributed by atoms with Crippen LogP contribution in [-0.2, 0) is 19.1 Å². The van der Waals surface area contributed by atoms with E-state index in [1.807, 2.05) is 20.8 Å². The number of hydrogen-bond acceptors (Lipinski definition) is 5. The maximum atomic E-state index is 12.3. The summed E-state index contributed by atoms with van der Waals surface area (Å²) in [5.74, 6) is -1.44. The summed E-state index contributed by atoms with van der Waals surface area (Å²) in [7, 11) is 0. The van der Waals surface area contributed by atoms with Crippen LogP contribution in [0.2, 0.25) is 0 Å². The summed E-state index contributed by atoms with van der Waals surface area (Å²) >= 11 is 0. The highest BCUT2D eigenvalue weighted by Crippen LogP contribution is 2.24. The number of nitrogens with zero attached hydrogens (tertiary/aromatic N) is 1. The highest BCUT2D eigenvalue weighted by atomic mass is 16.5. The van der Waals surface area contributed by atoms with E-state index in [2.05, 4.69) is 10.6 Å². The summed E-state index contributed by atoms with van der Waals surface area (Å²) in [4.78, 5) is 50.1. The van der Waals surface area contributed by atoms with E-state index in [1.165, 1.54) is 6.92 Å². The second kappa shape index (κ2) is 8.71. The van der Waals surface area contributed by atoms with E-state index in [0.29, 0.717) is 25.9 Å². The van der Waals surface area contributed by atoms with E-state index in [9.17, 15) is 19.2 Å². The standard InChI is InChI=1S/C19H33N3O5/c1-12(14(23)20-17(26)21-19(5,6)7)27-15(24)13-8-10-22(11-9-13)16(25)18(2,3)4/h12-13H,8-11H2,1-7H3,(H2,20,21,23,26). The molecule has 0 radical (unpaired) electrons. The topological polar surface area (TPSA) is 105 Å². The van der Waals surface area contributed by atoms with Gasteiger partial charge in [0.05, 0.1) is 5.92 Å². The Hall–Kier alpha value is -2.12. The average molecular weight is 383 g/mol. The van der Waals surface area contributed by atoms with Crippen LogP contribution >= 0.6 is 0 Å². The number of carbonyl (C=O) groups is 4. The van der Waals surface area contributed by atoms with Crippen molar-refractivity contribution in [2.24, 2.45) is 11.3 Å². The second-order valence-electron chi connectivity index (χ2n) is 9.09. The molecule has 0 aromatic heterocycles. The number of carbonyl (C=O) groups excluding carboxylic acids is 4. The van der Waals surface area contributed by atoms with Crippen molar-refractivity contribution in [3.63, 3.8) is 0 Å². The molecule has 4 amide bonds. The summed E-state index contributed by atoms with van der Waals surface area (Å²) in [6.45, 7) is 13.4. The van der Waals surface area contributed by atoms with E-state index in [4.69, 9.17) is 4.74 Å². The molecule has 1 saturated heterocycles. The van der Waals surface area contributed by atoms with Crippen molar-refractivity contribution in [2.75, 3.05) is 13.1 Å². The minimum absolute atomic E-state index is 0.0620. The Balaban J connectivity index is 2.47. The fourth-order valence-corrected chi connectivity index (χ4v) is 2.70. The fourth-order valence-electron chi connectivity index (χ4n) is 2.70. The Morgan fingerprint density at radius 3 is 1.96 bits per heavy atom. The number of ether oxygens (including phenoxy) is 1. The van der Waals surface area contributed by atoms with Gasteiger partial charge in [0.25, 0.3) is 5.91 Å². The van der Waals surface area contributed by atoms with Crippen LogP contribution in [0, 0.1) is 11.3 Å². The zero-order valence-electron chi connectivity index (χ0n) is 17.5. The monoisotopic (exact) mass is 383 g/mol. The molecule has 1 aliphatic heterocycles. The number of likely N-dealkylation sites (tertiary alicyclic amines) is 1. The van der Waals surface area contributed by atoms with Gasteiger partial charge < -0.3 is 15.0 Å². The van der Waals surface area contributed by atoms with Crippen LogP contribution in [-0.4, -0.2) is 53.4 Å². The van der Waals surface area contributed by atoms with Crippen molar-refractivity contribution < 1.29 is 23.9 Å². The second-order valence-corrected chi connectivity index (χ2v) is 9.09. The summed E-state index contributed by atoms with van der Waals surface area (Å²) < 4.78 is 5.21. The molecule has 154 valence electrons. The van der Waals surface area contributed by atoms with Gasteiger partial charge in [-0.25, -0.2) is 4.79 Å². The number of esters is 1. The van der Waals surface area contributed by atoms with Gasteiger partial charge in [-0.2, -0.15) is 0 Å². The van der Waals surface area contributed by atoms with Gasteiger partial charge in [0.1, 0.15) is 0 Å². The molecule has 1 atom stereocenters. The Morgan fingerprint density at radius 1 is 1.00 bits per heavy atom. The zero-order chi connectivity index (χ0) is 21.0. The number of amides is 4. The maximum absolute atomic E-state index is 12.3. The predicted molar refractivity (Wildman–Crippen MR) is 101 cm³/mol. The van der Waals surface area contributed by atoms with Gasteiger partial charge in [0, 0.05) is 24.0 Å². The van der Waals surface area contributed by atoms with E-state index in [-0.39, 0.29) is 11.8 Å². The summed E-state index contributed by atoms with van der Waals surface area (Å²) in [5, 5.41) is 4.76. The first-order chi connectivity index (χ1) is 12.2. The van der Waals surface area contributed by atoms with Crippen LogP contribution in [0.1, 0.15) is 61.3 Å². The van der Waals surface area contributed by atoms with Crippen LogP contribution in [0.3, 0.4) is 0 Å². The van der Waals surface area contributed by atoms with Gasteiger partial charge in [-0.3, -0.25) is 19.7 Å². The molecule has 1 aliphatic rings. The van der Waals surface area contributed by atoms with Crippen LogP contribution in [0.5, 0.6) is 0 Å². The van der Waals surface area contributed by atoms with E-state index in [1.54, 1.807) is 25.7 Å². The fraction of sp³-hybridized carbons (Fsp3) is 0.789. The molecule has 0 saturated carbocycles. The smallest absolute Gasteiger partial charge is 0.321 e. The Labute approximate surface area is 161 Å². The van der Waals surface area contributed by atoms with Gasteiger partial charge in [-0.05, 0) is 40.5 Å². The van der Waals surface area contributed by atoms with Gasteiger partial charge in [0.2, 0.25) is 5.91 Å². The largest absolute Gasteiger partial charge is 0.452 e. The normalized spacial score (nSPS) is 17.1. The number of nitrogens with one attached hydrogen (secondary N) is 2. The molecule has 1 fully saturated rings. The van der Waals surface area contributed by atoms with Crippen molar-refractivity contribution in [3.8, 4) is 0 Å². The molecule has 27 heavy (non-hydrogen) atoms. The molecule has 1 unspecified atom stereocenters. The quantitative estimate of drug-likeness (QED) is 0.724. The molecule has 0 bridgehead atoms. The highest BCUT2D eigenvalue weighted by Gasteiger charge is 2.34. The van der Waals surface area contributed by atoms with E-state index in [0.717, 1.165) is 0 Å². The average Bonchev–Trinajstić information content (AvgIpc) is 2.51. The van der Waals surface area contributed by atoms with Gasteiger partial charge >= 0.3 is 12.0 Å². The SMILES string of the molecule is CC(OC(=O)C1CCN(C(=O)C(C)(C)C)CC1)C(=O)NC(=O)NC(C)(C)C. The van der Waals surface area contributed by atoms with Crippen molar-refractivity contribution in [3.05, 3.63) is 0 Å². The van der Waals surface area contributed by atoms with Gasteiger partial charge in [-0.15, -0.1) is 0 Å². The number of imide groups is 1. The van der Waals surface area contributed by atoms with Crippen molar-refractivity contribution in [1.29, 1.82) is 0 Å². The number of hydrogen-bond donors (Lipinski definition) is 2. The summed E-state index contributed by atoms with van der Waals surface area (Å²) in [6, 6.07) is -0.635. The molecule has 8 heteroatoms. The lowest BCUT2D eigenvalue weighted by atomic mass is 9.91. The van der Waals surface area contributed by atoms with E-state index < -0.39 is 35.0 Å². The third kappa shape index (κ3) is 7.56. The molecule has 0 aromatic rings. The van der Waals surface area contributed by atoms with Crippen LogP contribution in [0.15, 0.2) is 0 Å². The molecule has 1 rings (SSSR count). The van der Waals surface area contributed by atoms with Gasteiger partial charge in [-0.1, -0.05) is 20.8 Å².